The summed E-state index contributed by atoms with van der Waals surface area (Å²) < 4.78 is 0. The smallest absolute Gasteiger partial charge is 0.340 e. The monoisotopic (exact) mass is 185 g/mol. The van der Waals surface area contributed by atoms with Crippen molar-refractivity contribution in [2.45, 2.75) is 6.10 Å². The minimum Gasteiger partial charge on any atom is -0.479 e. The highest BCUT2D eigenvalue weighted by molar-refractivity contribution is 6.30. The van der Waals surface area contributed by atoms with Crippen LogP contribution in [0.2, 0.25) is 5.02 Å². The zero-order valence-corrected chi connectivity index (χ0v) is 6.78. The fourth-order valence-electron chi connectivity index (χ4n) is 0.780. The van der Waals surface area contributed by atoms with Crippen LogP contribution in [0, 0.1) is 0 Å². The van der Waals surface area contributed by atoms with Crippen LogP contribution in [0.25, 0.3) is 0 Å². The molecule has 0 aromatic heterocycles. The lowest BCUT2D eigenvalue weighted by molar-refractivity contribution is -0.150. The van der Waals surface area contributed by atoms with E-state index in [1.54, 1.807) is 0 Å². The highest BCUT2D eigenvalue weighted by atomic mass is 35.5. The molecule has 12 heavy (non-hydrogen) atoms. The van der Waals surface area contributed by atoms with Crippen molar-refractivity contribution in [1.82, 2.24) is 0 Å². The van der Waals surface area contributed by atoms with Gasteiger partial charge in [-0.15, -0.1) is 0 Å². The van der Waals surface area contributed by atoms with Crippen molar-refractivity contribution in [1.29, 1.82) is 0 Å². The van der Waals surface area contributed by atoms with Gasteiger partial charge in [0.05, 0.1) is 0 Å². The molecule has 1 rings (SSSR count). The fourth-order valence-corrected chi connectivity index (χ4v) is 0.906. The molecule has 0 saturated carbocycles. The summed E-state index contributed by atoms with van der Waals surface area (Å²) in [5.41, 5.74) is 0.215. The molecule has 0 amide bonds. The first-order chi connectivity index (χ1) is 5.61. The molecule has 1 radical (unpaired) electrons. The van der Waals surface area contributed by atoms with Gasteiger partial charge in [0.15, 0.2) is 0 Å². The van der Waals surface area contributed by atoms with E-state index in [0.717, 1.165) is 0 Å². The second kappa shape index (κ2) is 3.56. The molecule has 0 aliphatic carbocycles. The normalized spacial score (nSPS) is 12.5. The zero-order chi connectivity index (χ0) is 9.14. The number of carbonyl (C=O) groups is 1. The quantitative estimate of drug-likeness (QED) is 0.765. The van der Waals surface area contributed by atoms with Crippen LogP contribution in [-0.2, 0) is 9.90 Å². The van der Waals surface area contributed by atoms with E-state index in [1.165, 1.54) is 24.3 Å². The molecule has 1 atom stereocenters. The van der Waals surface area contributed by atoms with Crippen LogP contribution < -0.4 is 0 Å². The topological polar surface area (TPSA) is 57.2 Å². The summed E-state index contributed by atoms with van der Waals surface area (Å²) in [5.74, 6) is -1.38. The van der Waals surface area contributed by atoms with E-state index in [0.29, 0.717) is 5.02 Å². The molecule has 0 spiro atoms. The van der Waals surface area contributed by atoms with Crippen molar-refractivity contribution in [3.05, 3.63) is 34.9 Å². The van der Waals surface area contributed by atoms with Gasteiger partial charge in [-0.3, -0.25) is 0 Å². The molecule has 1 aromatic carbocycles. The summed E-state index contributed by atoms with van der Waals surface area (Å²) >= 11 is 5.55. The van der Waals surface area contributed by atoms with Gasteiger partial charge < -0.3 is 5.11 Å². The molecule has 3 nitrogen and oxygen atoms in total. The average Bonchev–Trinajstić information content (AvgIpc) is 2.04. The van der Waals surface area contributed by atoms with Gasteiger partial charge in [0.1, 0.15) is 0 Å². The molecule has 0 aliphatic heterocycles. The lowest BCUT2D eigenvalue weighted by atomic mass is 10.1. The van der Waals surface area contributed by atoms with Crippen molar-refractivity contribution in [2.75, 3.05) is 0 Å². The van der Waals surface area contributed by atoms with E-state index in [1.807, 2.05) is 0 Å². The highest BCUT2D eigenvalue weighted by Gasteiger charge is 2.17. The first-order valence-corrected chi connectivity index (χ1v) is 3.63. The van der Waals surface area contributed by atoms with Crippen molar-refractivity contribution < 1.29 is 15.0 Å². The number of carboxylic acid groups (broad SMARTS) is 1. The summed E-state index contributed by atoms with van der Waals surface area (Å²) in [4.78, 5) is 10.2. The summed E-state index contributed by atoms with van der Waals surface area (Å²) in [5, 5.41) is 19.7. The van der Waals surface area contributed by atoms with Crippen LogP contribution in [0.5, 0.6) is 0 Å². The standard InChI is InChI=1S/C8H6ClO3/c9-6-3-1-5(2-4-6)7(10)8(11)12/h1-4,7H,(H,11,12). The van der Waals surface area contributed by atoms with Gasteiger partial charge in [0.25, 0.3) is 0 Å². The molecule has 0 aliphatic rings. The minimum absolute atomic E-state index is 0.215. The lowest BCUT2D eigenvalue weighted by Crippen LogP contribution is -2.08. The number of hydrogen-bond donors (Lipinski definition) is 1. The van der Waals surface area contributed by atoms with Gasteiger partial charge in [-0.2, -0.15) is 0 Å². The number of carboxylic acids is 1. The van der Waals surface area contributed by atoms with Crippen LogP contribution in [0.1, 0.15) is 11.7 Å². The van der Waals surface area contributed by atoms with Crippen LogP contribution in [-0.4, -0.2) is 11.1 Å². The molecule has 1 unspecified atom stereocenters. The molecule has 1 aromatic rings. The summed E-state index contributed by atoms with van der Waals surface area (Å²) in [7, 11) is 0. The summed E-state index contributed by atoms with van der Waals surface area (Å²) in [6.07, 6.45) is -1.72. The van der Waals surface area contributed by atoms with E-state index in [4.69, 9.17) is 16.7 Å². The third kappa shape index (κ3) is 1.96. The predicted molar refractivity (Wildman–Crippen MR) is 42.5 cm³/mol. The van der Waals surface area contributed by atoms with Gasteiger partial charge in [-0.05, 0) is 17.7 Å². The van der Waals surface area contributed by atoms with E-state index in [9.17, 15) is 9.90 Å². The zero-order valence-electron chi connectivity index (χ0n) is 6.03. The van der Waals surface area contributed by atoms with Gasteiger partial charge in [-0.1, -0.05) is 23.7 Å². The molecular weight excluding hydrogens is 180 g/mol. The van der Waals surface area contributed by atoms with E-state index >= 15 is 0 Å². The first kappa shape index (κ1) is 9.03. The van der Waals surface area contributed by atoms with Gasteiger partial charge in [-0.25, -0.2) is 9.90 Å². The highest BCUT2D eigenvalue weighted by Crippen LogP contribution is 2.16. The van der Waals surface area contributed by atoms with Crippen LogP contribution in [0.4, 0.5) is 0 Å². The average molecular weight is 186 g/mol. The third-order valence-corrected chi connectivity index (χ3v) is 1.65. The Morgan fingerprint density at radius 1 is 1.33 bits per heavy atom. The third-order valence-electron chi connectivity index (χ3n) is 1.40. The molecule has 1 N–H and O–H groups in total. The van der Waals surface area contributed by atoms with Crippen LogP contribution in [0.15, 0.2) is 24.3 Å². The molecule has 0 bridgehead atoms. The molecular formula is C8H6ClO3. The Bertz CT molecular complexity index is 281. The van der Waals surface area contributed by atoms with Crippen molar-refractivity contribution in [2.24, 2.45) is 0 Å². The number of rotatable bonds is 2. The Balaban J connectivity index is 2.89. The maximum Gasteiger partial charge on any atom is 0.340 e. The van der Waals surface area contributed by atoms with E-state index < -0.39 is 12.1 Å². The van der Waals surface area contributed by atoms with E-state index in [-0.39, 0.29) is 5.56 Å². The predicted octanol–water partition coefficient (Wildman–Crippen LogP) is 1.90. The molecule has 0 fully saturated rings. The van der Waals surface area contributed by atoms with Crippen molar-refractivity contribution in [3.63, 3.8) is 0 Å². The van der Waals surface area contributed by atoms with Crippen molar-refractivity contribution >= 4 is 17.6 Å². The van der Waals surface area contributed by atoms with Crippen molar-refractivity contribution in [3.8, 4) is 0 Å². The maximum atomic E-state index is 10.9. The number of aliphatic carboxylic acids is 1. The van der Waals surface area contributed by atoms with Gasteiger partial charge in [0, 0.05) is 5.02 Å². The molecule has 0 heterocycles. The summed E-state index contributed by atoms with van der Waals surface area (Å²) in [6, 6.07) is 5.80. The SMILES string of the molecule is [O]C(C(=O)O)c1ccc(Cl)cc1. The Morgan fingerprint density at radius 3 is 2.25 bits per heavy atom. The van der Waals surface area contributed by atoms with Gasteiger partial charge in [0.2, 0.25) is 6.10 Å². The largest absolute Gasteiger partial charge is 0.479 e. The molecule has 4 heteroatoms. The molecule has 63 valence electrons. The fraction of sp³-hybridized carbons (Fsp3) is 0.125. The molecule has 0 saturated heterocycles. The Morgan fingerprint density at radius 2 is 1.83 bits per heavy atom. The van der Waals surface area contributed by atoms with E-state index in [2.05, 4.69) is 0 Å². The lowest BCUT2D eigenvalue weighted by Gasteiger charge is -2.01. The second-order valence-corrected chi connectivity index (χ2v) is 2.71. The van der Waals surface area contributed by atoms with Crippen LogP contribution >= 0.6 is 11.6 Å². The Kier molecular flexibility index (Phi) is 2.68. The van der Waals surface area contributed by atoms with Crippen LogP contribution in [0.3, 0.4) is 0 Å². The minimum atomic E-state index is -1.72. The number of benzene rings is 1. The number of halogens is 1. The Hall–Kier alpha value is -1.06. The van der Waals surface area contributed by atoms with Gasteiger partial charge >= 0.3 is 5.97 Å². The first-order valence-electron chi connectivity index (χ1n) is 3.25. The Labute approximate surface area is 74.2 Å². The number of hydrogen-bond acceptors (Lipinski definition) is 1. The second-order valence-electron chi connectivity index (χ2n) is 2.27. The maximum absolute atomic E-state index is 10.9. The summed E-state index contributed by atoms with van der Waals surface area (Å²) in [6.45, 7) is 0.